The summed E-state index contributed by atoms with van der Waals surface area (Å²) in [7, 11) is 0. The molecular weight excluding hydrogens is 274 g/mol. The molecule has 3 heteroatoms. The Labute approximate surface area is 131 Å². The number of nitrogens with one attached hydrogen (secondary N) is 1. The summed E-state index contributed by atoms with van der Waals surface area (Å²) in [5.74, 6) is -0.422. The van der Waals surface area contributed by atoms with E-state index < -0.39 is 5.76 Å². The van der Waals surface area contributed by atoms with E-state index in [1.165, 1.54) is 5.57 Å². The van der Waals surface area contributed by atoms with Crippen LogP contribution in [0.3, 0.4) is 0 Å². The molecule has 0 amide bonds. The first-order valence-electron chi connectivity index (χ1n) is 7.51. The summed E-state index contributed by atoms with van der Waals surface area (Å²) in [6, 6.07) is 5.66. The number of hydrogen-bond acceptors (Lipinski definition) is 2. The monoisotopic (exact) mass is 297 g/mol. The Kier molecular flexibility index (Phi) is 4.86. The summed E-state index contributed by atoms with van der Waals surface area (Å²) >= 11 is 0. The fourth-order valence-corrected chi connectivity index (χ4v) is 2.29. The maximum Gasteiger partial charge on any atom is 0.417 e. The molecular formula is C19H23NO2. The highest BCUT2D eigenvalue weighted by molar-refractivity contribution is 5.75. The molecule has 116 valence electrons. The van der Waals surface area contributed by atoms with E-state index in [0.717, 1.165) is 23.9 Å². The van der Waals surface area contributed by atoms with Gasteiger partial charge < -0.3 is 4.42 Å². The second kappa shape index (κ2) is 6.65. The third kappa shape index (κ3) is 4.10. The first-order chi connectivity index (χ1) is 10.4. The molecule has 0 radical (unpaired) electrons. The number of rotatable bonds is 6. The average Bonchev–Trinajstić information content (AvgIpc) is 2.84. The number of hydrogen-bond donors (Lipinski definition) is 1. The van der Waals surface area contributed by atoms with Gasteiger partial charge in [0.05, 0.1) is 5.52 Å². The van der Waals surface area contributed by atoms with Crippen LogP contribution < -0.4 is 5.76 Å². The van der Waals surface area contributed by atoms with Gasteiger partial charge in [-0.05, 0) is 44.4 Å². The van der Waals surface area contributed by atoms with Crippen molar-refractivity contribution in [1.82, 2.24) is 4.98 Å². The highest BCUT2D eigenvalue weighted by atomic mass is 16.4. The maximum atomic E-state index is 11.2. The van der Waals surface area contributed by atoms with Crippen molar-refractivity contribution in [2.45, 2.75) is 33.6 Å². The Hall–Kier alpha value is -2.29. The van der Waals surface area contributed by atoms with E-state index in [9.17, 15) is 4.79 Å². The molecule has 0 aliphatic rings. The Bertz CT molecular complexity index is 772. The lowest BCUT2D eigenvalue weighted by Crippen LogP contribution is -2.08. The van der Waals surface area contributed by atoms with Gasteiger partial charge in [0.2, 0.25) is 0 Å². The van der Waals surface area contributed by atoms with Crippen LogP contribution in [0.25, 0.3) is 17.2 Å². The number of aromatic nitrogens is 1. The van der Waals surface area contributed by atoms with E-state index in [2.05, 4.69) is 50.6 Å². The summed E-state index contributed by atoms with van der Waals surface area (Å²) in [6.45, 7) is 10.4. The van der Waals surface area contributed by atoms with Gasteiger partial charge in [-0.15, -0.1) is 6.58 Å². The van der Waals surface area contributed by atoms with Gasteiger partial charge in [-0.3, -0.25) is 4.98 Å². The van der Waals surface area contributed by atoms with Crippen LogP contribution in [0.1, 0.15) is 39.2 Å². The summed E-state index contributed by atoms with van der Waals surface area (Å²) in [6.07, 6.45) is 10.5. The van der Waals surface area contributed by atoms with Crippen molar-refractivity contribution in [1.29, 1.82) is 0 Å². The van der Waals surface area contributed by atoms with Crippen molar-refractivity contribution in [3.63, 3.8) is 0 Å². The van der Waals surface area contributed by atoms with Crippen LogP contribution in [0, 0.1) is 5.41 Å². The third-order valence-corrected chi connectivity index (χ3v) is 3.80. The lowest BCUT2D eigenvalue weighted by atomic mass is 9.84. The molecule has 2 aromatic rings. The van der Waals surface area contributed by atoms with Gasteiger partial charge in [-0.2, -0.15) is 0 Å². The Morgan fingerprint density at radius 1 is 1.41 bits per heavy atom. The van der Waals surface area contributed by atoms with Crippen molar-refractivity contribution in [2.75, 3.05) is 0 Å². The molecule has 1 atom stereocenters. The maximum absolute atomic E-state index is 11.2. The van der Waals surface area contributed by atoms with Gasteiger partial charge in [0.25, 0.3) is 0 Å². The molecule has 0 bridgehead atoms. The number of H-pyrrole nitrogens is 1. The quantitative estimate of drug-likeness (QED) is 0.756. The summed E-state index contributed by atoms with van der Waals surface area (Å²) in [4.78, 5) is 13.9. The zero-order valence-electron chi connectivity index (χ0n) is 13.5. The predicted octanol–water partition coefficient (Wildman–Crippen LogP) is 5.07. The van der Waals surface area contributed by atoms with Gasteiger partial charge in [0, 0.05) is 5.41 Å². The van der Waals surface area contributed by atoms with Crippen LogP contribution in [-0.2, 0) is 0 Å². The van der Waals surface area contributed by atoms with Crippen molar-refractivity contribution in [2.24, 2.45) is 5.41 Å². The van der Waals surface area contributed by atoms with Gasteiger partial charge in [0.1, 0.15) is 0 Å². The molecule has 1 aromatic carbocycles. The van der Waals surface area contributed by atoms with E-state index in [1.54, 1.807) is 6.07 Å². The molecule has 2 rings (SSSR count). The molecule has 0 saturated heterocycles. The molecule has 0 unspecified atom stereocenters. The smallest absolute Gasteiger partial charge is 0.408 e. The molecule has 0 fully saturated rings. The number of oxazole rings is 1. The first-order valence-corrected chi connectivity index (χ1v) is 7.51. The molecule has 0 spiro atoms. The predicted molar refractivity (Wildman–Crippen MR) is 92.8 cm³/mol. The van der Waals surface area contributed by atoms with Crippen molar-refractivity contribution in [3.05, 3.63) is 64.7 Å². The number of aromatic amines is 1. The minimum Gasteiger partial charge on any atom is -0.408 e. The van der Waals surface area contributed by atoms with Crippen LogP contribution in [-0.4, -0.2) is 4.98 Å². The second-order valence-corrected chi connectivity index (χ2v) is 6.13. The molecule has 1 heterocycles. The van der Waals surface area contributed by atoms with Crippen molar-refractivity contribution in [3.8, 4) is 0 Å². The zero-order chi connectivity index (χ0) is 16.2. The van der Waals surface area contributed by atoms with Crippen LogP contribution in [0.15, 0.2) is 57.8 Å². The molecule has 0 aliphatic carbocycles. The van der Waals surface area contributed by atoms with Gasteiger partial charge in [-0.25, -0.2) is 4.79 Å². The highest BCUT2D eigenvalue weighted by Gasteiger charge is 2.15. The Balaban J connectivity index is 2.17. The zero-order valence-corrected chi connectivity index (χ0v) is 13.5. The van der Waals surface area contributed by atoms with Gasteiger partial charge in [0.15, 0.2) is 5.58 Å². The SMILES string of the molecule is C=C[C@@](C)(/C=C/c1ccc2oc(=O)[nH]c2c1)CCC=C(C)C. The second-order valence-electron chi connectivity index (χ2n) is 6.13. The summed E-state index contributed by atoms with van der Waals surface area (Å²) < 4.78 is 5.01. The van der Waals surface area contributed by atoms with E-state index in [4.69, 9.17) is 4.42 Å². The van der Waals surface area contributed by atoms with Crippen molar-refractivity contribution >= 4 is 17.2 Å². The van der Waals surface area contributed by atoms with E-state index >= 15 is 0 Å². The molecule has 1 aromatic heterocycles. The Morgan fingerprint density at radius 2 is 2.18 bits per heavy atom. The van der Waals surface area contributed by atoms with E-state index in [0.29, 0.717) is 5.58 Å². The molecule has 1 N–H and O–H groups in total. The fourth-order valence-electron chi connectivity index (χ4n) is 2.29. The fraction of sp³-hybridized carbons (Fsp3) is 0.316. The third-order valence-electron chi connectivity index (χ3n) is 3.80. The summed E-state index contributed by atoms with van der Waals surface area (Å²) in [5, 5.41) is 0. The molecule has 0 saturated carbocycles. The normalized spacial score (nSPS) is 14.1. The number of fused-ring (bicyclic) bond motifs is 1. The summed E-state index contributed by atoms with van der Waals surface area (Å²) in [5.41, 5.74) is 3.61. The van der Waals surface area contributed by atoms with Crippen LogP contribution in [0.2, 0.25) is 0 Å². The minimum absolute atomic E-state index is 0.0509. The molecule has 22 heavy (non-hydrogen) atoms. The van der Waals surface area contributed by atoms with E-state index in [-0.39, 0.29) is 5.41 Å². The first kappa shape index (κ1) is 16.1. The van der Waals surface area contributed by atoms with Gasteiger partial charge >= 0.3 is 5.76 Å². The highest BCUT2D eigenvalue weighted by Crippen LogP contribution is 2.28. The Morgan fingerprint density at radius 3 is 2.86 bits per heavy atom. The van der Waals surface area contributed by atoms with Crippen LogP contribution >= 0.6 is 0 Å². The van der Waals surface area contributed by atoms with E-state index in [1.807, 2.05) is 18.2 Å². The lowest BCUT2D eigenvalue weighted by Gasteiger charge is -2.20. The molecule has 0 aliphatic heterocycles. The van der Waals surface area contributed by atoms with Crippen LogP contribution in [0.5, 0.6) is 0 Å². The largest absolute Gasteiger partial charge is 0.417 e. The standard InChI is InChI=1S/C19H23NO2/c1-5-19(4,11-6-7-14(2)3)12-10-15-8-9-17-16(13-15)20-18(21)22-17/h5,7-10,12-13H,1,6,11H2,2-4H3,(H,20,21)/b12-10+/t19-/m1/s1. The minimum atomic E-state index is -0.422. The number of allylic oxidation sites excluding steroid dienone is 4. The topological polar surface area (TPSA) is 46.0 Å². The van der Waals surface area contributed by atoms with Crippen molar-refractivity contribution < 1.29 is 4.42 Å². The number of benzene rings is 1. The molecule has 3 nitrogen and oxygen atoms in total. The van der Waals surface area contributed by atoms with Gasteiger partial charge in [-0.1, -0.05) is 42.9 Å². The average molecular weight is 297 g/mol. The van der Waals surface area contributed by atoms with Crippen LogP contribution in [0.4, 0.5) is 0 Å². The lowest BCUT2D eigenvalue weighted by molar-refractivity contribution is 0.508.